The van der Waals surface area contributed by atoms with Crippen molar-refractivity contribution < 1.29 is 44.1 Å². The van der Waals surface area contributed by atoms with Crippen LogP contribution in [0.4, 0.5) is 17.2 Å². The van der Waals surface area contributed by atoms with E-state index >= 15 is 0 Å². The number of aliphatic hydroxyl groups excluding tert-OH is 2. The predicted octanol–water partition coefficient (Wildman–Crippen LogP) is 8.91. The summed E-state index contributed by atoms with van der Waals surface area (Å²) in [5.41, 5.74) is 8.39. The molecule has 4 heterocycles. The van der Waals surface area contributed by atoms with Crippen LogP contribution in [0.3, 0.4) is 0 Å². The summed E-state index contributed by atoms with van der Waals surface area (Å²) in [6, 6.07) is 18.5. The van der Waals surface area contributed by atoms with Crippen molar-refractivity contribution in [1.29, 1.82) is 0 Å². The number of para-hydroxylation sites is 2. The molecule has 0 unspecified atom stereocenters. The van der Waals surface area contributed by atoms with Gasteiger partial charge in [-0.25, -0.2) is 4.79 Å². The van der Waals surface area contributed by atoms with Gasteiger partial charge in [-0.1, -0.05) is 68.8 Å². The van der Waals surface area contributed by atoms with Crippen LogP contribution in [0.2, 0.25) is 0 Å². The van der Waals surface area contributed by atoms with E-state index < -0.39 is 36.1 Å². The number of amides is 1. The molecule has 0 spiro atoms. The smallest absolute Gasteiger partial charge is 0.351 e. The van der Waals surface area contributed by atoms with Gasteiger partial charge >= 0.3 is 17.6 Å². The second-order valence-electron chi connectivity index (χ2n) is 19.4. The van der Waals surface area contributed by atoms with Crippen LogP contribution in [0.15, 0.2) is 112 Å². The Morgan fingerprint density at radius 2 is 1.58 bits per heavy atom. The summed E-state index contributed by atoms with van der Waals surface area (Å²) < 4.78 is 9.27. The number of aromatic nitrogens is 2. The Hall–Kier alpha value is -5.61. The number of ether oxygens (including phenoxy) is 1. The lowest BCUT2D eigenvalue weighted by Gasteiger charge is -2.27. The molecule has 3 atom stereocenters. The third-order valence-corrected chi connectivity index (χ3v) is 15.1. The highest BCUT2D eigenvalue weighted by Gasteiger charge is 2.44. The van der Waals surface area contributed by atoms with E-state index in [9.17, 15) is 39.6 Å². The highest BCUT2D eigenvalue weighted by Crippen LogP contribution is 2.48. The summed E-state index contributed by atoms with van der Waals surface area (Å²) >= 11 is 1.65. The first-order valence-corrected chi connectivity index (χ1v) is 25.4. The van der Waals surface area contributed by atoms with Gasteiger partial charge in [0, 0.05) is 90.0 Å². The van der Waals surface area contributed by atoms with Gasteiger partial charge in [0.2, 0.25) is 11.6 Å². The Balaban J connectivity index is 1.17. The molecule has 5 N–H and O–H groups in total. The third-order valence-electron chi connectivity index (χ3n) is 13.9. The number of rotatable bonds is 22. The SMILES string of the molecule is CC1(C)C(=CC=C2CCCC(C=CC3=[N+](CCCCCC(=O)O)c4ccccc4C3(C)C)=C2SCCC(=O)Nc2ccn([C@H]3C[C@H](O)[C@@H](CO)O3)c(=O)n2)N(CCCCCC(=O)O)c2ccccc21. The quantitative estimate of drug-likeness (QED) is 0.0475. The molecule has 368 valence electrons. The number of unbranched alkanes of at least 4 members (excludes halogenated alkanes) is 4. The van der Waals surface area contributed by atoms with Crippen LogP contribution in [0.1, 0.15) is 129 Å². The van der Waals surface area contributed by atoms with E-state index in [1.165, 1.54) is 61.9 Å². The van der Waals surface area contributed by atoms with Crippen molar-refractivity contribution in [2.75, 3.05) is 35.7 Å². The van der Waals surface area contributed by atoms with Gasteiger partial charge in [-0.3, -0.25) is 19.0 Å². The molecule has 2 aromatic carbocycles. The number of fused-ring (bicyclic) bond motifs is 2. The first-order chi connectivity index (χ1) is 33.1. The summed E-state index contributed by atoms with van der Waals surface area (Å²) in [5.74, 6) is -1.24. The first-order valence-electron chi connectivity index (χ1n) is 24.4. The maximum Gasteiger partial charge on any atom is 0.351 e. The predicted molar refractivity (Wildman–Crippen MR) is 270 cm³/mol. The average Bonchev–Trinajstić information content (AvgIpc) is 3.87. The molecule has 7 rings (SSSR count). The number of aliphatic carboxylic acids is 2. The number of hydrogen-bond acceptors (Lipinski definition) is 10. The number of allylic oxidation sites excluding steroid dienone is 7. The molecule has 14 nitrogen and oxygen atoms in total. The van der Waals surface area contributed by atoms with E-state index in [4.69, 9.17) is 4.74 Å². The molecule has 3 aliphatic heterocycles. The van der Waals surface area contributed by atoms with Crippen LogP contribution in [0.5, 0.6) is 0 Å². The van der Waals surface area contributed by atoms with E-state index in [0.717, 1.165) is 62.9 Å². The maximum atomic E-state index is 13.5. The van der Waals surface area contributed by atoms with Gasteiger partial charge in [0.1, 0.15) is 24.7 Å². The summed E-state index contributed by atoms with van der Waals surface area (Å²) in [7, 11) is 0. The number of benzene rings is 2. The Morgan fingerprint density at radius 3 is 2.29 bits per heavy atom. The van der Waals surface area contributed by atoms with Crippen LogP contribution in [-0.4, -0.2) is 95.8 Å². The number of carbonyl (C=O) groups is 3. The first kappa shape index (κ1) is 51.2. The summed E-state index contributed by atoms with van der Waals surface area (Å²) in [4.78, 5) is 56.5. The van der Waals surface area contributed by atoms with Crippen molar-refractivity contribution in [1.82, 2.24) is 9.55 Å². The fourth-order valence-corrected chi connectivity index (χ4v) is 11.4. The van der Waals surface area contributed by atoms with E-state index in [-0.39, 0.29) is 54.8 Å². The highest BCUT2D eigenvalue weighted by atomic mass is 32.2. The summed E-state index contributed by atoms with van der Waals surface area (Å²) in [5, 5.41) is 40.9. The molecule has 4 aliphatic rings. The molecule has 1 aromatic heterocycles. The van der Waals surface area contributed by atoms with Crippen molar-refractivity contribution >= 4 is 52.5 Å². The largest absolute Gasteiger partial charge is 0.481 e. The Kier molecular flexibility index (Phi) is 17.0. The topological polar surface area (TPSA) is 195 Å². The van der Waals surface area contributed by atoms with Crippen molar-refractivity contribution in [3.05, 3.63) is 128 Å². The van der Waals surface area contributed by atoms with Gasteiger partial charge in [-0.05, 0) is 93.7 Å². The Morgan fingerprint density at radius 1 is 0.870 bits per heavy atom. The summed E-state index contributed by atoms with van der Waals surface area (Å²) in [6.45, 7) is 10.2. The molecule has 1 aliphatic carbocycles. The summed E-state index contributed by atoms with van der Waals surface area (Å²) in [6.07, 6.45) is 16.0. The number of carboxylic acids is 2. The molecule has 15 heteroatoms. The van der Waals surface area contributed by atoms with E-state index in [1.807, 2.05) is 0 Å². The van der Waals surface area contributed by atoms with Gasteiger partial charge in [-0.2, -0.15) is 9.56 Å². The van der Waals surface area contributed by atoms with Crippen LogP contribution < -0.4 is 15.9 Å². The molecule has 3 aromatic rings. The minimum atomic E-state index is -0.909. The second kappa shape index (κ2) is 22.9. The zero-order valence-corrected chi connectivity index (χ0v) is 41.2. The van der Waals surface area contributed by atoms with Gasteiger partial charge in [0.25, 0.3) is 0 Å². The normalized spacial score (nSPS) is 21.7. The Bertz CT molecular complexity index is 2610. The Labute approximate surface area is 409 Å². The zero-order valence-electron chi connectivity index (χ0n) is 40.4. The van der Waals surface area contributed by atoms with E-state index in [1.54, 1.807) is 11.8 Å². The molecule has 1 fully saturated rings. The minimum absolute atomic E-state index is 0.117. The molecule has 1 saturated heterocycles. The van der Waals surface area contributed by atoms with Crippen LogP contribution >= 0.6 is 11.8 Å². The molecule has 0 radical (unpaired) electrons. The van der Waals surface area contributed by atoms with Gasteiger partial charge in [0.15, 0.2) is 5.71 Å². The standard InChI is InChI=1S/C54H67N5O9S/c1-53(2)38-18-9-11-20-40(38)57(30-13-5-7-22-49(63)64)44(53)26-24-36-16-15-17-37(25-27-45-54(3,4)39-19-10-12-21-41(39)58(45)31-14-6-8-23-50(65)66)51(36)69-33-29-47(62)55-46-28-32-59(52(67)56-46)48-34-42(61)43(35-60)68-48/h9-12,18-21,24-28,32,42-43,48,60-61H,5-8,13-17,22-23,29-31,33-35H2,1-4H3,(H2-,55,56,62,63,64,65,66,67)/p+1/t42-,43+,48+/m0/s1. The third kappa shape index (κ3) is 12.1. The van der Waals surface area contributed by atoms with Gasteiger partial charge in [-0.15, -0.1) is 11.8 Å². The highest BCUT2D eigenvalue weighted by molar-refractivity contribution is 8.03. The molecule has 1 amide bonds. The van der Waals surface area contributed by atoms with Crippen LogP contribution in [0.25, 0.3) is 0 Å². The lowest BCUT2D eigenvalue weighted by molar-refractivity contribution is -0.438. The average molecular weight is 963 g/mol. The molecule has 0 bridgehead atoms. The number of nitrogens with zero attached hydrogens (tertiary/aromatic N) is 4. The lowest BCUT2D eigenvalue weighted by atomic mass is 9.81. The van der Waals surface area contributed by atoms with Crippen molar-refractivity contribution in [2.45, 2.75) is 140 Å². The van der Waals surface area contributed by atoms with Gasteiger partial charge < -0.3 is 35.4 Å². The van der Waals surface area contributed by atoms with Crippen molar-refractivity contribution in [3.63, 3.8) is 0 Å². The van der Waals surface area contributed by atoms with Gasteiger partial charge in [0.05, 0.1) is 18.1 Å². The van der Waals surface area contributed by atoms with Crippen LogP contribution in [0, 0.1) is 0 Å². The number of anilines is 2. The number of nitrogens with one attached hydrogen (secondary N) is 1. The fraction of sp³-hybridized carbons (Fsp3) is 0.481. The number of hydrogen-bond donors (Lipinski definition) is 5. The monoisotopic (exact) mass is 962 g/mol. The molecule has 69 heavy (non-hydrogen) atoms. The van der Waals surface area contributed by atoms with Crippen molar-refractivity contribution in [2.24, 2.45) is 0 Å². The minimum Gasteiger partial charge on any atom is -0.481 e. The number of aliphatic hydroxyl groups is 2. The number of carboxylic acid groups (broad SMARTS) is 2. The van der Waals surface area contributed by atoms with Crippen LogP contribution in [-0.2, 0) is 30.0 Å². The fourth-order valence-electron chi connectivity index (χ4n) is 10.2. The maximum absolute atomic E-state index is 13.5. The zero-order chi connectivity index (χ0) is 49.3. The molecular weight excluding hydrogens is 895 g/mol. The number of thioether (sulfide) groups is 1. The second-order valence-corrected chi connectivity index (χ2v) is 20.5. The number of carbonyl (C=O) groups excluding carboxylic acids is 1. The van der Waals surface area contributed by atoms with Crippen molar-refractivity contribution in [3.8, 4) is 0 Å². The van der Waals surface area contributed by atoms with E-state index in [2.05, 4.69) is 120 Å². The molecular formula is C54H68N5O9S+. The molecule has 0 saturated carbocycles. The lowest BCUT2D eigenvalue weighted by Crippen LogP contribution is -2.28. The van der Waals surface area contributed by atoms with E-state index in [0.29, 0.717) is 18.6 Å².